The number of nitrogens with two attached hydrogens (primary N) is 1. The van der Waals surface area contributed by atoms with E-state index in [0.717, 1.165) is 10.4 Å². The van der Waals surface area contributed by atoms with Crippen molar-refractivity contribution in [3.63, 3.8) is 0 Å². The highest BCUT2D eigenvalue weighted by Crippen LogP contribution is 2.33. The SMILES string of the molecule is COc1ccc(C(=O)c2nc(N)sc2-c2ccccc2)cc1. The quantitative estimate of drug-likeness (QED) is 0.747. The number of methoxy groups -OCH3 is 1. The fraction of sp³-hybridized carbons (Fsp3) is 0.0588. The second-order valence-electron chi connectivity index (χ2n) is 4.65. The molecule has 2 aromatic carbocycles. The van der Waals surface area contributed by atoms with Crippen LogP contribution in [0.15, 0.2) is 54.6 Å². The molecule has 110 valence electrons. The summed E-state index contributed by atoms with van der Waals surface area (Å²) in [4.78, 5) is 17.7. The minimum atomic E-state index is -0.144. The molecule has 1 heterocycles. The minimum Gasteiger partial charge on any atom is -0.497 e. The number of benzene rings is 2. The molecule has 22 heavy (non-hydrogen) atoms. The highest BCUT2D eigenvalue weighted by Gasteiger charge is 2.20. The number of rotatable bonds is 4. The first-order valence-electron chi connectivity index (χ1n) is 6.69. The van der Waals surface area contributed by atoms with Gasteiger partial charge in [0.05, 0.1) is 12.0 Å². The Morgan fingerprint density at radius 3 is 2.41 bits per heavy atom. The fourth-order valence-corrected chi connectivity index (χ4v) is 2.99. The van der Waals surface area contributed by atoms with Crippen molar-refractivity contribution < 1.29 is 9.53 Å². The van der Waals surface area contributed by atoms with Crippen LogP contribution in [0.4, 0.5) is 5.13 Å². The molecule has 2 N–H and O–H groups in total. The van der Waals surface area contributed by atoms with E-state index in [-0.39, 0.29) is 5.78 Å². The summed E-state index contributed by atoms with van der Waals surface area (Å²) in [5, 5.41) is 0.385. The van der Waals surface area contributed by atoms with Crippen LogP contribution >= 0.6 is 11.3 Å². The largest absolute Gasteiger partial charge is 0.497 e. The molecule has 0 saturated carbocycles. The van der Waals surface area contributed by atoms with Gasteiger partial charge >= 0.3 is 0 Å². The maximum absolute atomic E-state index is 12.7. The maximum atomic E-state index is 12.7. The predicted octanol–water partition coefficient (Wildman–Crippen LogP) is 3.63. The van der Waals surface area contributed by atoms with Crippen LogP contribution in [0.5, 0.6) is 5.75 Å². The van der Waals surface area contributed by atoms with Gasteiger partial charge in [-0.25, -0.2) is 4.98 Å². The van der Waals surface area contributed by atoms with Crippen LogP contribution in [0.3, 0.4) is 0 Å². The molecule has 5 heteroatoms. The van der Waals surface area contributed by atoms with Crippen LogP contribution in [0.2, 0.25) is 0 Å². The van der Waals surface area contributed by atoms with Crippen LogP contribution in [-0.4, -0.2) is 17.9 Å². The van der Waals surface area contributed by atoms with Gasteiger partial charge in [0.25, 0.3) is 0 Å². The zero-order valence-electron chi connectivity index (χ0n) is 11.9. The standard InChI is InChI=1S/C17H14N2O2S/c1-21-13-9-7-11(8-10-13)15(20)14-16(22-17(18)19-14)12-5-3-2-4-6-12/h2-10H,1H3,(H2,18,19). The molecule has 0 atom stereocenters. The van der Waals surface area contributed by atoms with E-state index in [2.05, 4.69) is 4.98 Å². The lowest BCUT2D eigenvalue weighted by atomic mass is 10.0. The Hall–Kier alpha value is -2.66. The maximum Gasteiger partial charge on any atom is 0.212 e. The van der Waals surface area contributed by atoms with Gasteiger partial charge in [-0.05, 0) is 29.8 Å². The molecule has 0 fully saturated rings. The molecule has 0 saturated heterocycles. The molecular formula is C17H14N2O2S. The predicted molar refractivity (Wildman–Crippen MR) is 88.4 cm³/mol. The van der Waals surface area contributed by atoms with Gasteiger partial charge in [-0.1, -0.05) is 41.7 Å². The van der Waals surface area contributed by atoms with Crippen LogP contribution in [0.1, 0.15) is 16.1 Å². The normalized spacial score (nSPS) is 10.4. The molecule has 3 rings (SSSR count). The molecule has 4 nitrogen and oxygen atoms in total. The summed E-state index contributed by atoms with van der Waals surface area (Å²) >= 11 is 1.32. The molecule has 0 aliphatic rings. The molecular weight excluding hydrogens is 296 g/mol. The van der Waals surface area contributed by atoms with Crippen LogP contribution in [0, 0.1) is 0 Å². The molecule has 0 aliphatic heterocycles. The second kappa shape index (κ2) is 5.99. The summed E-state index contributed by atoms with van der Waals surface area (Å²) in [5.74, 6) is 0.562. The number of ketones is 1. The Kier molecular flexibility index (Phi) is 3.89. The lowest BCUT2D eigenvalue weighted by Gasteiger charge is -2.03. The molecule has 0 bridgehead atoms. The second-order valence-corrected chi connectivity index (χ2v) is 5.68. The number of nitrogen functional groups attached to an aromatic ring is 1. The topological polar surface area (TPSA) is 65.2 Å². The minimum absolute atomic E-state index is 0.144. The van der Waals surface area contributed by atoms with Crippen molar-refractivity contribution in [2.75, 3.05) is 12.8 Å². The van der Waals surface area contributed by atoms with Crippen molar-refractivity contribution in [3.05, 3.63) is 65.9 Å². The first-order valence-corrected chi connectivity index (χ1v) is 7.51. The molecule has 0 spiro atoms. The fourth-order valence-electron chi connectivity index (χ4n) is 2.15. The summed E-state index contributed by atoms with van der Waals surface area (Å²) in [6, 6.07) is 16.6. The molecule has 0 radical (unpaired) electrons. The summed E-state index contributed by atoms with van der Waals surface area (Å²) in [7, 11) is 1.59. The Balaban J connectivity index is 2.02. The highest BCUT2D eigenvalue weighted by atomic mass is 32.1. The van der Waals surface area contributed by atoms with E-state index in [1.165, 1.54) is 11.3 Å². The van der Waals surface area contributed by atoms with Gasteiger partial charge in [-0.3, -0.25) is 4.79 Å². The number of hydrogen-bond donors (Lipinski definition) is 1. The van der Waals surface area contributed by atoms with Gasteiger partial charge in [0.1, 0.15) is 11.4 Å². The highest BCUT2D eigenvalue weighted by molar-refractivity contribution is 7.19. The number of anilines is 1. The van der Waals surface area contributed by atoms with E-state index in [1.54, 1.807) is 31.4 Å². The molecule has 1 aromatic heterocycles. The third kappa shape index (κ3) is 2.71. The van der Waals surface area contributed by atoms with Gasteiger partial charge in [-0.15, -0.1) is 0 Å². The summed E-state index contributed by atoms with van der Waals surface area (Å²) in [5.41, 5.74) is 7.70. The molecule has 0 unspecified atom stereocenters. The number of thiazole rings is 1. The molecule has 3 aromatic rings. The third-order valence-corrected chi connectivity index (χ3v) is 4.18. The lowest BCUT2D eigenvalue weighted by Crippen LogP contribution is -2.03. The van der Waals surface area contributed by atoms with E-state index in [9.17, 15) is 4.79 Å². The summed E-state index contributed by atoms with van der Waals surface area (Å²) in [6.07, 6.45) is 0. The Bertz CT molecular complexity index is 795. The van der Waals surface area contributed by atoms with Crippen LogP contribution < -0.4 is 10.5 Å². The van der Waals surface area contributed by atoms with Gasteiger partial charge in [-0.2, -0.15) is 0 Å². The summed E-state index contributed by atoms with van der Waals surface area (Å²) < 4.78 is 5.11. The van der Waals surface area contributed by atoms with E-state index in [1.807, 2.05) is 30.3 Å². The van der Waals surface area contributed by atoms with Gasteiger partial charge in [0.15, 0.2) is 5.13 Å². The van der Waals surface area contributed by atoms with Gasteiger partial charge in [0.2, 0.25) is 5.78 Å². The monoisotopic (exact) mass is 310 g/mol. The number of nitrogens with zero attached hydrogens (tertiary/aromatic N) is 1. The van der Waals surface area contributed by atoms with Crippen LogP contribution in [0.25, 0.3) is 10.4 Å². The number of carbonyl (C=O) groups is 1. The van der Waals surface area contributed by atoms with Gasteiger partial charge in [0, 0.05) is 5.56 Å². The first-order chi connectivity index (χ1) is 10.7. The number of carbonyl (C=O) groups excluding carboxylic acids is 1. The number of ether oxygens (including phenoxy) is 1. The van der Waals surface area contributed by atoms with E-state index in [0.29, 0.717) is 22.1 Å². The van der Waals surface area contributed by atoms with E-state index >= 15 is 0 Å². The van der Waals surface area contributed by atoms with Crippen molar-refractivity contribution in [2.45, 2.75) is 0 Å². The smallest absolute Gasteiger partial charge is 0.212 e. The summed E-state index contributed by atoms with van der Waals surface area (Å²) in [6.45, 7) is 0. The van der Waals surface area contributed by atoms with E-state index in [4.69, 9.17) is 10.5 Å². The molecule has 0 aliphatic carbocycles. The zero-order valence-corrected chi connectivity index (χ0v) is 12.8. The molecule has 0 amide bonds. The average Bonchev–Trinajstić information content (AvgIpc) is 2.97. The van der Waals surface area contributed by atoms with Crippen LogP contribution in [-0.2, 0) is 0 Å². The Labute approximate surface area is 132 Å². The van der Waals surface area contributed by atoms with E-state index < -0.39 is 0 Å². The third-order valence-electron chi connectivity index (χ3n) is 3.25. The van der Waals surface area contributed by atoms with Crippen molar-refractivity contribution in [1.82, 2.24) is 4.98 Å². The zero-order chi connectivity index (χ0) is 15.5. The van der Waals surface area contributed by atoms with Crippen molar-refractivity contribution in [3.8, 4) is 16.2 Å². The van der Waals surface area contributed by atoms with Crippen molar-refractivity contribution in [1.29, 1.82) is 0 Å². The average molecular weight is 310 g/mol. The van der Waals surface area contributed by atoms with Gasteiger partial charge < -0.3 is 10.5 Å². The van der Waals surface area contributed by atoms with Crippen molar-refractivity contribution in [2.24, 2.45) is 0 Å². The Morgan fingerprint density at radius 1 is 1.09 bits per heavy atom. The number of aromatic nitrogens is 1. The number of hydrogen-bond acceptors (Lipinski definition) is 5. The Morgan fingerprint density at radius 2 is 1.77 bits per heavy atom. The first kappa shape index (κ1) is 14.3. The van der Waals surface area contributed by atoms with Crippen molar-refractivity contribution >= 4 is 22.3 Å². The lowest BCUT2D eigenvalue weighted by molar-refractivity contribution is 0.103.